The number of halogens is 3. The lowest BCUT2D eigenvalue weighted by Crippen LogP contribution is -2.30. The first kappa shape index (κ1) is 17.7. The average Bonchev–Trinajstić information content (AvgIpc) is 2.39. The molecule has 114 valence electrons. The van der Waals surface area contributed by atoms with Crippen molar-refractivity contribution in [1.29, 1.82) is 0 Å². The van der Waals surface area contributed by atoms with Crippen LogP contribution in [-0.4, -0.2) is 20.8 Å². The maximum absolute atomic E-state index is 13.1. The Bertz CT molecular complexity index is 531. The minimum Gasteiger partial charge on any atom is -0.211 e. The number of sulfonamides is 1. The zero-order chi connectivity index (χ0) is 15.2. The first-order chi connectivity index (χ1) is 9.40. The highest BCUT2D eigenvalue weighted by molar-refractivity contribution is 7.89. The first-order valence-corrected chi connectivity index (χ1v) is 8.81. The average molecular weight is 342 g/mol. The molecule has 0 saturated heterocycles. The van der Waals surface area contributed by atoms with Gasteiger partial charge in [0, 0.05) is 12.4 Å². The lowest BCUT2D eigenvalue weighted by atomic mass is 10.0. The highest BCUT2D eigenvalue weighted by Crippen LogP contribution is 2.22. The van der Waals surface area contributed by atoms with Gasteiger partial charge in [0.05, 0.1) is 5.02 Å². The van der Waals surface area contributed by atoms with Crippen molar-refractivity contribution in [1.82, 2.24) is 4.72 Å². The van der Waals surface area contributed by atoms with Crippen LogP contribution in [0.3, 0.4) is 0 Å². The summed E-state index contributed by atoms with van der Waals surface area (Å²) < 4.78 is 39.9. The van der Waals surface area contributed by atoms with Crippen LogP contribution >= 0.6 is 23.2 Å². The molecule has 0 aliphatic heterocycles. The van der Waals surface area contributed by atoms with Crippen LogP contribution in [0.2, 0.25) is 5.02 Å². The second-order valence-electron chi connectivity index (χ2n) is 4.56. The van der Waals surface area contributed by atoms with Crippen LogP contribution in [0.4, 0.5) is 4.39 Å². The summed E-state index contributed by atoms with van der Waals surface area (Å²) in [7, 11) is -3.81. The summed E-state index contributed by atoms with van der Waals surface area (Å²) in [5, 5.41) is 0.00304. The zero-order valence-electron chi connectivity index (χ0n) is 11.2. The van der Waals surface area contributed by atoms with E-state index in [1.54, 1.807) is 0 Å². The lowest BCUT2D eigenvalue weighted by molar-refractivity contribution is 0.457. The molecule has 1 aromatic rings. The van der Waals surface area contributed by atoms with E-state index in [1.165, 1.54) is 6.07 Å². The molecule has 0 aliphatic rings. The number of nitrogens with one attached hydrogen (secondary N) is 1. The number of benzene rings is 1. The molecular weight excluding hydrogens is 324 g/mol. The van der Waals surface area contributed by atoms with Crippen LogP contribution in [0.1, 0.15) is 26.2 Å². The van der Waals surface area contributed by atoms with Gasteiger partial charge < -0.3 is 0 Å². The Labute approximate surface area is 129 Å². The molecule has 1 atom stereocenters. The van der Waals surface area contributed by atoms with E-state index < -0.39 is 15.8 Å². The topological polar surface area (TPSA) is 46.2 Å². The second kappa shape index (κ2) is 8.17. The normalized spacial score (nSPS) is 13.4. The first-order valence-electron chi connectivity index (χ1n) is 6.41. The monoisotopic (exact) mass is 341 g/mol. The van der Waals surface area contributed by atoms with Gasteiger partial charge in [-0.3, -0.25) is 0 Å². The molecule has 1 N–H and O–H groups in total. The largest absolute Gasteiger partial charge is 0.242 e. The summed E-state index contributed by atoms with van der Waals surface area (Å²) in [4.78, 5) is -0.236. The summed E-state index contributed by atoms with van der Waals surface area (Å²) >= 11 is 11.5. The van der Waals surface area contributed by atoms with Crippen LogP contribution < -0.4 is 4.72 Å². The number of hydrogen-bond donors (Lipinski definition) is 1. The molecule has 1 rings (SSSR count). The van der Waals surface area contributed by atoms with E-state index in [4.69, 9.17) is 23.2 Å². The van der Waals surface area contributed by atoms with Gasteiger partial charge in [0.1, 0.15) is 10.7 Å². The fourth-order valence-electron chi connectivity index (χ4n) is 1.90. The third kappa shape index (κ3) is 5.20. The van der Waals surface area contributed by atoms with Gasteiger partial charge in [-0.1, -0.05) is 24.9 Å². The van der Waals surface area contributed by atoms with Crippen LogP contribution in [-0.2, 0) is 10.0 Å². The van der Waals surface area contributed by atoms with Crippen LogP contribution in [0.25, 0.3) is 0 Å². The SMILES string of the molecule is CCCC(CCCl)CNS(=O)(=O)c1cc(F)ccc1Cl. The van der Waals surface area contributed by atoms with E-state index in [0.29, 0.717) is 5.88 Å². The molecule has 20 heavy (non-hydrogen) atoms. The van der Waals surface area contributed by atoms with Crippen molar-refractivity contribution in [3.8, 4) is 0 Å². The summed E-state index contributed by atoms with van der Waals surface area (Å²) in [6.45, 7) is 2.30. The smallest absolute Gasteiger partial charge is 0.211 e. The quantitative estimate of drug-likeness (QED) is 0.731. The highest BCUT2D eigenvalue weighted by Gasteiger charge is 2.20. The Morgan fingerprint density at radius 3 is 2.65 bits per heavy atom. The molecular formula is C13H18Cl2FNO2S. The van der Waals surface area contributed by atoms with Crippen molar-refractivity contribution in [2.45, 2.75) is 31.1 Å². The van der Waals surface area contributed by atoms with E-state index in [-0.39, 0.29) is 22.4 Å². The van der Waals surface area contributed by atoms with Gasteiger partial charge in [0.25, 0.3) is 0 Å². The molecule has 0 aromatic heterocycles. The van der Waals surface area contributed by atoms with Gasteiger partial charge in [-0.2, -0.15) is 0 Å². The molecule has 7 heteroatoms. The Hall–Kier alpha value is -0.360. The van der Waals surface area contributed by atoms with E-state index in [1.807, 2.05) is 6.92 Å². The number of alkyl halides is 1. The van der Waals surface area contributed by atoms with E-state index in [9.17, 15) is 12.8 Å². The van der Waals surface area contributed by atoms with Crippen molar-refractivity contribution in [3.05, 3.63) is 29.0 Å². The predicted octanol–water partition coefficient (Wildman–Crippen LogP) is 3.80. The standard InChI is InChI=1S/C13H18Cl2FNO2S/c1-2-3-10(6-7-14)9-17-20(18,19)13-8-11(16)4-5-12(13)15/h4-5,8,10,17H,2-3,6-7,9H2,1H3. The Morgan fingerprint density at radius 1 is 1.35 bits per heavy atom. The van der Waals surface area contributed by atoms with Crippen molar-refractivity contribution in [2.24, 2.45) is 5.92 Å². The van der Waals surface area contributed by atoms with E-state index in [2.05, 4.69) is 4.72 Å². The summed E-state index contributed by atoms with van der Waals surface area (Å²) in [5.41, 5.74) is 0. The molecule has 0 spiro atoms. The molecule has 0 fully saturated rings. The predicted molar refractivity (Wildman–Crippen MR) is 80.3 cm³/mol. The second-order valence-corrected chi connectivity index (χ2v) is 7.08. The molecule has 1 unspecified atom stereocenters. The minimum atomic E-state index is -3.81. The molecule has 0 bridgehead atoms. The molecule has 3 nitrogen and oxygen atoms in total. The maximum atomic E-state index is 13.1. The summed E-state index contributed by atoms with van der Waals surface area (Å²) in [5.74, 6) is 0.00729. The van der Waals surface area contributed by atoms with Gasteiger partial charge in [-0.15, -0.1) is 11.6 Å². The zero-order valence-corrected chi connectivity index (χ0v) is 13.5. The van der Waals surface area contributed by atoms with Gasteiger partial charge >= 0.3 is 0 Å². The van der Waals surface area contributed by atoms with Crippen molar-refractivity contribution >= 4 is 33.2 Å². The molecule has 0 aliphatic carbocycles. The molecule has 1 aromatic carbocycles. The Morgan fingerprint density at radius 2 is 2.05 bits per heavy atom. The fraction of sp³-hybridized carbons (Fsp3) is 0.538. The van der Waals surface area contributed by atoms with E-state index >= 15 is 0 Å². The summed E-state index contributed by atoms with van der Waals surface area (Å²) in [6, 6.07) is 3.27. The lowest BCUT2D eigenvalue weighted by Gasteiger charge is -2.16. The highest BCUT2D eigenvalue weighted by atomic mass is 35.5. The van der Waals surface area contributed by atoms with Crippen molar-refractivity contribution in [3.63, 3.8) is 0 Å². The fourth-order valence-corrected chi connectivity index (χ4v) is 3.83. The molecule has 0 amide bonds. The number of hydrogen-bond acceptors (Lipinski definition) is 2. The van der Waals surface area contributed by atoms with Gasteiger partial charge in [-0.25, -0.2) is 17.5 Å². The third-order valence-electron chi connectivity index (χ3n) is 2.96. The van der Waals surface area contributed by atoms with Crippen molar-refractivity contribution < 1.29 is 12.8 Å². The van der Waals surface area contributed by atoms with Gasteiger partial charge in [0.2, 0.25) is 10.0 Å². The van der Waals surface area contributed by atoms with E-state index in [0.717, 1.165) is 31.4 Å². The molecule has 0 saturated carbocycles. The number of rotatable bonds is 8. The maximum Gasteiger partial charge on any atom is 0.242 e. The third-order valence-corrected chi connectivity index (χ3v) is 5.08. The summed E-state index contributed by atoms with van der Waals surface area (Å²) in [6.07, 6.45) is 2.56. The van der Waals surface area contributed by atoms with Crippen LogP contribution in [0, 0.1) is 11.7 Å². The van der Waals surface area contributed by atoms with Gasteiger partial charge in [-0.05, 0) is 37.0 Å². The van der Waals surface area contributed by atoms with Gasteiger partial charge in [0.15, 0.2) is 0 Å². The molecule has 0 heterocycles. The molecule has 0 radical (unpaired) electrons. The van der Waals surface area contributed by atoms with Crippen LogP contribution in [0.15, 0.2) is 23.1 Å². The Kier molecular flexibility index (Phi) is 7.23. The Balaban J connectivity index is 2.81. The minimum absolute atomic E-state index is 0.00304. The van der Waals surface area contributed by atoms with Crippen LogP contribution in [0.5, 0.6) is 0 Å². The van der Waals surface area contributed by atoms with Crippen molar-refractivity contribution in [2.75, 3.05) is 12.4 Å².